The van der Waals surface area contributed by atoms with E-state index < -0.39 is 0 Å². The number of hydrogen-bond acceptors (Lipinski definition) is 3. The maximum absolute atomic E-state index is 12.6. The molecule has 3 nitrogen and oxygen atoms in total. The highest BCUT2D eigenvalue weighted by atomic mass is 32.1. The van der Waals surface area contributed by atoms with Gasteiger partial charge in [0.15, 0.2) is 0 Å². The van der Waals surface area contributed by atoms with Crippen LogP contribution in [0.5, 0.6) is 0 Å². The zero-order valence-corrected chi connectivity index (χ0v) is 15.6. The number of rotatable bonds is 3. The molecule has 2 aromatic carbocycles. The van der Waals surface area contributed by atoms with Crippen molar-refractivity contribution in [2.75, 3.05) is 0 Å². The molecule has 0 aliphatic heterocycles. The molecule has 0 saturated carbocycles. The lowest BCUT2D eigenvalue weighted by molar-refractivity contribution is 1.07. The second-order valence-electron chi connectivity index (χ2n) is 6.49. The van der Waals surface area contributed by atoms with Gasteiger partial charge in [-0.3, -0.25) is 9.20 Å². The van der Waals surface area contributed by atoms with Gasteiger partial charge in [-0.25, -0.2) is 0 Å². The molecule has 0 unspecified atom stereocenters. The van der Waals surface area contributed by atoms with Gasteiger partial charge < -0.3 is 0 Å². The second kappa shape index (κ2) is 6.79. The lowest BCUT2D eigenvalue weighted by Crippen LogP contribution is -2.22. The molecule has 2 heterocycles. The lowest BCUT2D eigenvalue weighted by Gasteiger charge is -2.14. The Bertz CT molecular complexity index is 1310. The topological polar surface area (TPSA) is 45.3 Å². The fourth-order valence-corrected chi connectivity index (χ4v) is 4.03. The van der Waals surface area contributed by atoms with Crippen molar-refractivity contribution in [1.82, 2.24) is 4.40 Å². The SMILES string of the molecule is Cc1c(C#N)c(=O)n2ccccc2c1C(=S)Cc1cccc2ccccc12. The molecule has 0 atom stereocenters. The molecule has 2 aromatic heterocycles. The van der Waals surface area contributed by atoms with Crippen LogP contribution in [-0.2, 0) is 6.42 Å². The molecule has 4 aromatic rings. The van der Waals surface area contributed by atoms with Crippen LogP contribution in [-0.4, -0.2) is 9.27 Å². The van der Waals surface area contributed by atoms with E-state index in [1.807, 2.05) is 30.3 Å². The van der Waals surface area contributed by atoms with E-state index in [0.29, 0.717) is 12.0 Å². The largest absolute Gasteiger partial charge is 0.283 e. The zero-order valence-electron chi connectivity index (χ0n) is 14.8. The van der Waals surface area contributed by atoms with Crippen molar-refractivity contribution < 1.29 is 0 Å². The predicted molar refractivity (Wildman–Crippen MR) is 112 cm³/mol. The van der Waals surface area contributed by atoms with E-state index >= 15 is 0 Å². The monoisotopic (exact) mass is 368 g/mol. The molecule has 0 N–H and O–H groups in total. The summed E-state index contributed by atoms with van der Waals surface area (Å²) in [5.74, 6) is 0. The van der Waals surface area contributed by atoms with Gasteiger partial charge in [-0.15, -0.1) is 0 Å². The molecular formula is C23H16N2OS. The Labute approximate surface area is 162 Å². The van der Waals surface area contributed by atoms with Crippen molar-refractivity contribution in [1.29, 1.82) is 5.26 Å². The molecule has 130 valence electrons. The highest BCUT2D eigenvalue weighted by Crippen LogP contribution is 2.24. The third-order valence-electron chi connectivity index (χ3n) is 4.92. The first-order valence-corrected chi connectivity index (χ1v) is 9.06. The summed E-state index contributed by atoms with van der Waals surface area (Å²) < 4.78 is 1.51. The van der Waals surface area contributed by atoms with Crippen LogP contribution in [0.3, 0.4) is 0 Å². The van der Waals surface area contributed by atoms with Gasteiger partial charge in [-0.05, 0) is 41.0 Å². The second-order valence-corrected chi connectivity index (χ2v) is 6.98. The fraction of sp³-hybridized carbons (Fsp3) is 0.0870. The first kappa shape index (κ1) is 17.1. The van der Waals surface area contributed by atoms with Crippen LogP contribution in [0.1, 0.15) is 22.3 Å². The van der Waals surface area contributed by atoms with Crippen LogP contribution in [0.2, 0.25) is 0 Å². The van der Waals surface area contributed by atoms with Gasteiger partial charge >= 0.3 is 0 Å². The Hall–Kier alpha value is -3.29. The Morgan fingerprint density at radius 1 is 1.07 bits per heavy atom. The van der Waals surface area contributed by atoms with Crippen LogP contribution in [0.4, 0.5) is 0 Å². The number of thiocarbonyl (C=S) groups is 1. The molecule has 0 amide bonds. The minimum Gasteiger partial charge on any atom is -0.283 e. The fourth-order valence-electron chi connectivity index (χ4n) is 3.61. The predicted octanol–water partition coefficient (Wildman–Crippen LogP) is 4.59. The van der Waals surface area contributed by atoms with Gasteiger partial charge in [-0.1, -0.05) is 60.7 Å². The molecule has 0 bridgehead atoms. The van der Waals surface area contributed by atoms with E-state index in [0.717, 1.165) is 26.9 Å². The lowest BCUT2D eigenvalue weighted by atomic mass is 9.94. The van der Waals surface area contributed by atoms with Crippen molar-refractivity contribution in [3.8, 4) is 6.07 Å². The standard InChI is InChI=1S/C23H16N2OS/c1-15-19(14-24)23(26)25-12-5-4-11-20(25)22(15)21(27)13-17-9-6-8-16-7-2-3-10-18(16)17/h2-12H,13H2,1H3. The van der Waals surface area contributed by atoms with Crippen molar-refractivity contribution in [3.05, 3.63) is 99.5 Å². The Balaban J connectivity index is 1.91. The van der Waals surface area contributed by atoms with Crippen LogP contribution in [0.25, 0.3) is 16.3 Å². The number of pyridine rings is 2. The van der Waals surface area contributed by atoms with Gasteiger partial charge in [0.25, 0.3) is 5.56 Å². The van der Waals surface area contributed by atoms with Gasteiger partial charge in [0.05, 0.1) is 5.52 Å². The summed E-state index contributed by atoms with van der Waals surface area (Å²) in [5, 5.41) is 11.8. The molecule has 27 heavy (non-hydrogen) atoms. The van der Waals surface area contributed by atoms with Crippen LogP contribution < -0.4 is 5.56 Å². The summed E-state index contributed by atoms with van der Waals surface area (Å²) in [5.41, 5.74) is 3.17. The average Bonchev–Trinajstić information content (AvgIpc) is 2.69. The first-order chi connectivity index (χ1) is 13.1. The normalized spacial score (nSPS) is 10.8. The number of aromatic nitrogens is 1. The maximum atomic E-state index is 12.6. The number of hydrogen-bond donors (Lipinski definition) is 0. The van der Waals surface area contributed by atoms with E-state index in [4.69, 9.17) is 12.2 Å². The van der Waals surface area contributed by atoms with Crippen LogP contribution >= 0.6 is 12.2 Å². The molecule has 0 fully saturated rings. The molecule has 0 aliphatic carbocycles. The summed E-state index contributed by atoms with van der Waals surface area (Å²) in [6.07, 6.45) is 2.26. The van der Waals surface area contributed by atoms with Crippen molar-refractivity contribution in [2.24, 2.45) is 0 Å². The van der Waals surface area contributed by atoms with E-state index in [9.17, 15) is 10.1 Å². The minimum absolute atomic E-state index is 0.147. The van der Waals surface area contributed by atoms with Gasteiger partial charge in [-0.2, -0.15) is 5.26 Å². The summed E-state index contributed by atoms with van der Waals surface area (Å²) in [4.78, 5) is 13.3. The molecular weight excluding hydrogens is 352 g/mol. The Kier molecular flexibility index (Phi) is 4.31. The quantitative estimate of drug-likeness (QED) is 0.392. The smallest absolute Gasteiger partial charge is 0.273 e. The Morgan fingerprint density at radius 3 is 2.63 bits per heavy atom. The molecule has 0 spiro atoms. The molecule has 0 saturated heterocycles. The van der Waals surface area contributed by atoms with Gasteiger partial charge in [0.1, 0.15) is 11.6 Å². The summed E-state index contributed by atoms with van der Waals surface area (Å²) in [6.45, 7) is 1.80. The number of nitriles is 1. The van der Waals surface area contributed by atoms with Crippen LogP contribution in [0.15, 0.2) is 71.7 Å². The van der Waals surface area contributed by atoms with Crippen molar-refractivity contribution in [3.63, 3.8) is 0 Å². The van der Waals surface area contributed by atoms with E-state index in [1.165, 1.54) is 9.79 Å². The summed E-state index contributed by atoms with van der Waals surface area (Å²) >= 11 is 5.81. The minimum atomic E-state index is -0.303. The molecule has 0 radical (unpaired) electrons. The van der Waals surface area contributed by atoms with Crippen molar-refractivity contribution in [2.45, 2.75) is 13.3 Å². The van der Waals surface area contributed by atoms with E-state index in [1.54, 1.807) is 19.2 Å². The van der Waals surface area contributed by atoms with E-state index in [2.05, 4.69) is 30.3 Å². The maximum Gasteiger partial charge on any atom is 0.273 e. The molecule has 0 aliphatic rings. The average molecular weight is 368 g/mol. The van der Waals surface area contributed by atoms with Gasteiger partial charge in [0, 0.05) is 23.0 Å². The third-order valence-corrected chi connectivity index (χ3v) is 5.27. The highest BCUT2D eigenvalue weighted by molar-refractivity contribution is 7.80. The van der Waals surface area contributed by atoms with Crippen molar-refractivity contribution >= 4 is 33.4 Å². The molecule has 4 rings (SSSR count). The third kappa shape index (κ3) is 2.83. The molecule has 4 heteroatoms. The zero-order chi connectivity index (χ0) is 19.0. The number of nitrogens with zero attached hydrogens (tertiary/aromatic N) is 2. The summed E-state index contributed by atoms with van der Waals surface area (Å²) in [7, 11) is 0. The van der Waals surface area contributed by atoms with Gasteiger partial charge in [0.2, 0.25) is 0 Å². The highest BCUT2D eigenvalue weighted by Gasteiger charge is 2.18. The first-order valence-electron chi connectivity index (χ1n) is 8.65. The number of benzene rings is 2. The van der Waals surface area contributed by atoms with E-state index in [-0.39, 0.29) is 11.1 Å². The Morgan fingerprint density at radius 2 is 1.81 bits per heavy atom. The van der Waals surface area contributed by atoms with Crippen LogP contribution in [0, 0.1) is 18.3 Å². The number of fused-ring (bicyclic) bond motifs is 2. The summed E-state index contributed by atoms with van der Waals surface area (Å²) in [6, 6.07) is 22.0.